The van der Waals surface area contributed by atoms with Crippen molar-refractivity contribution in [2.24, 2.45) is 5.92 Å². The van der Waals surface area contributed by atoms with Gasteiger partial charge < -0.3 is 15.0 Å². The number of carbonyl (C=O) groups is 1. The second-order valence-corrected chi connectivity index (χ2v) is 6.19. The van der Waals surface area contributed by atoms with Gasteiger partial charge in [0.05, 0.1) is 19.3 Å². The Bertz CT molecular complexity index is 331. The van der Waals surface area contributed by atoms with E-state index >= 15 is 0 Å². The normalized spacial score (nSPS) is 22.4. The molecule has 0 aromatic carbocycles. The molecule has 1 N–H and O–H groups in total. The average Bonchev–Trinajstić information content (AvgIpc) is 2.48. The molecule has 114 valence electrons. The average molecular weight is 280 g/mol. The van der Waals surface area contributed by atoms with Crippen LogP contribution in [0, 0.1) is 5.92 Å². The zero-order valence-electron chi connectivity index (χ0n) is 12.7. The molecule has 2 amide bonds. The van der Waals surface area contributed by atoms with Gasteiger partial charge in [-0.05, 0) is 19.3 Å². The second kappa shape index (κ2) is 7.67. The molecule has 1 aliphatic carbocycles. The number of amides is 2. The van der Waals surface area contributed by atoms with Crippen molar-refractivity contribution in [2.75, 3.05) is 26.3 Å². The SMILES string of the molecule is C=C(C)[C@H](CC1CCCCC1)NC(=O)N1CCOCC1. The van der Waals surface area contributed by atoms with Gasteiger partial charge in [0.25, 0.3) is 0 Å². The van der Waals surface area contributed by atoms with Gasteiger partial charge in [0.2, 0.25) is 0 Å². The van der Waals surface area contributed by atoms with E-state index < -0.39 is 0 Å². The molecule has 0 bridgehead atoms. The summed E-state index contributed by atoms with van der Waals surface area (Å²) in [7, 11) is 0. The third kappa shape index (κ3) is 4.51. The molecule has 0 aromatic heterocycles. The van der Waals surface area contributed by atoms with Crippen molar-refractivity contribution in [3.8, 4) is 0 Å². The van der Waals surface area contributed by atoms with Crippen molar-refractivity contribution < 1.29 is 9.53 Å². The van der Waals surface area contributed by atoms with Gasteiger partial charge in [0.1, 0.15) is 0 Å². The first-order valence-electron chi connectivity index (χ1n) is 7.95. The standard InChI is InChI=1S/C16H28N2O2/c1-13(2)15(12-14-6-4-3-5-7-14)17-16(19)18-8-10-20-11-9-18/h14-15H,1,3-12H2,2H3,(H,17,19)/t15-/m0/s1. The summed E-state index contributed by atoms with van der Waals surface area (Å²) >= 11 is 0. The minimum atomic E-state index is 0.0390. The van der Waals surface area contributed by atoms with Gasteiger partial charge in [-0.3, -0.25) is 0 Å². The summed E-state index contributed by atoms with van der Waals surface area (Å²) in [5.41, 5.74) is 1.07. The maximum Gasteiger partial charge on any atom is 0.318 e. The minimum Gasteiger partial charge on any atom is -0.378 e. The molecule has 1 saturated heterocycles. The molecule has 1 saturated carbocycles. The highest BCUT2D eigenvalue weighted by Gasteiger charge is 2.23. The molecule has 0 radical (unpaired) electrons. The van der Waals surface area contributed by atoms with Crippen molar-refractivity contribution >= 4 is 6.03 Å². The molecule has 4 heteroatoms. The molecule has 1 heterocycles. The summed E-state index contributed by atoms with van der Waals surface area (Å²) in [5.74, 6) is 0.746. The molecule has 2 aliphatic rings. The first-order chi connectivity index (χ1) is 9.66. The lowest BCUT2D eigenvalue weighted by Crippen LogP contribution is -2.49. The van der Waals surface area contributed by atoms with Crippen LogP contribution >= 0.6 is 0 Å². The van der Waals surface area contributed by atoms with Gasteiger partial charge in [-0.1, -0.05) is 44.3 Å². The highest BCUT2D eigenvalue weighted by Crippen LogP contribution is 2.28. The van der Waals surface area contributed by atoms with Crippen molar-refractivity contribution in [1.82, 2.24) is 10.2 Å². The summed E-state index contributed by atoms with van der Waals surface area (Å²) in [6, 6.07) is 0.158. The minimum absolute atomic E-state index is 0.0390. The van der Waals surface area contributed by atoms with Crippen LogP contribution in [0.5, 0.6) is 0 Å². The van der Waals surface area contributed by atoms with E-state index in [1.165, 1.54) is 32.1 Å². The number of nitrogens with zero attached hydrogens (tertiary/aromatic N) is 1. The van der Waals surface area contributed by atoms with Crippen LogP contribution in [0.3, 0.4) is 0 Å². The molecule has 0 aromatic rings. The number of hydrogen-bond acceptors (Lipinski definition) is 2. The number of rotatable bonds is 4. The largest absolute Gasteiger partial charge is 0.378 e. The topological polar surface area (TPSA) is 41.6 Å². The number of ether oxygens (including phenoxy) is 1. The zero-order chi connectivity index (χ0) is 14.4. The number of morpholine rings is 1. The second-order valence-electron chi connectivity index (χ2n) is 6.19. The zero-order valence-corrected chi connectivity index (χ0v) is 12.7. The Kier molecular flexibility index (Phi) is 5.89. The first-order valence-corrected chi connectivity index (χ1v) is 7.95. The van der Waals surface area contributed by atoms with Gasteiger partial charge in [0.15, 0.2) is 0 Å². The molecule has 1 atom stereocenters. The highest BCUT2D eigenvalue weighted by molar-refractivity contribution is 5.75. The van der Waals surface area contributed by atoms with E-state index in [0.717, 1.165) is 17.9 Å². The Morgan fingerprint density at radius 2 is 1.95 bits per heavy atom. The van der Waals surface area contributed by atoms with E-state index in [0.29, 0.717) is 26.3 Å². The van der Waals surface area contributed by atoms with Crippen molar-refractivity contribution in [1.29, 1.82) is 0 Å². The lowest BCUT2D eigenvalue weighted by Gasteiger charge is -2.31. The quantitative estimate of drug-likeness (QED) is 0.804. The van der Waals surface area contributed by atoms with E-state index in [2.05, 4.69) is 11.9 Å². The van der Waals surface area contributed by atoms with Crippen LogP contribution in [0.2, 0.25) is 0 Å². The van der Waals surface area contributed by atoms with Gasteiger partial charge in [-0.15, -0.1) is 0 Å². The molecule has 0 unspecified atom stereocenters. The van der Waals surface area contributed by atoms with Crippen LogP contribution in [0.25, 0.3) is 0 Å². The highest BCUT2D eigenvalue weighted by atomic mass is 16.5. The number of carbonyl (C=O) groups excluding carboxylic acids is 1. The fourth-order valence-corrected chi connectivity index (χ4v) is 3.15. The molecular weight excluding hydrogens is 252 g/mol. The van der Waals surface area contributed by atoms with E-state index in [-0.39, 0.29) is 12.1 Å². The fourth-order valence-electron chi connectivity index (χ4n) is 3.15. The molecule has 2 fully saturated rings. The molecule has 20 heavy (non-hydrogen) atoms. The van der Waals surface area contributed by atoms with Crippen LogP contribution in [0.15, 0.2) is 12.2 Å². The Morgan fingerprint density at radius 1 is 1.30 bits per heavy atom. The molecule has 0 spiro atoms. The van der Waals surface area contributed by atoms with Crippen LogP contribution in [-0.2, 0) is 4.74 Å². The lowest BCUT2D eigenvalue weighted by molar-refractivity contribution is 0.0525. The maximum absolute atomic E-state index is 12.3. The Labute approximate surface area is 122 Å². The third-order valence-corrected chi connectivity index (χ3v) is 4.48. The number of hydrogen-bond donors (Lipinski definition) is 1. The van der Waals surface area contributed by atoms with Crippen molar-refractivity contribution in [3.63, 3.8) is 0 Å². The van der Waals surface area contributed by atoms with Crippen LogP contribution in [0.4, 0.5) is 4.79 Å². The Balaban J connectivity index is 1.84. The van der Waals surface area contributed by atoms with E-state index in [4.69, 9.17) is 4.74 Å². The summed E-state index contributed by atoms with van der Waals surface area (Å²) in [6.07, 6.45) is 7.70. The predicted molar refractivity (Wildman–Crippen MR) is 80.7 cm³/mol. The molecule has 1 aliphatic heterocycles. The first kappa shape index (κ1) is 15.4. The van der Waals surface area contributed by atoms with Gasteiger partial charge in [-0.2, -0.15) is 0 Å². The number of urea groups is 1. The third-order valence-electron chi connectivity index (χ3n) is 4.48. The molecular formula is C16H28N2O2. The predicted octanol–water partition coefficient (Wildman–Crippen LogP) is 2.94. The van der Waals surface area contributed by atoms with Crippen LogP contribution in [0.1, 0.15) is 45.4 Å². The van der Waals surface area contributed by atoms with Crippen LogP contribution in [-0.4, -0.2) is 43.3 Å². The van der Waals surface area contributed by atoms with Gasteiger partial charge in [-0.25, -0.2) is 4.79 Å². The lowest BCUT2D eigenvalue weighted by atomic mass is 9.83. The summed E-state index contributed by atoms with van der Waals surface area (Å²) in [4.78, 5) is 14.1. The monoisotopic (exact) mass is 280 g/mol. The van der Waals surface area contributed by atoms with E-state index in [1.54, 1.807) is 0 Å². The fraction of sp³-hybridized carbons (Fsp3) is 0.812. The van der Waals surface area contributed by atoms with Gasteiger partial charge in [0, 0.05) is 13.1 Å². The number of nitrogens with one attached hydrogen (secondary N) is 1. The van der Waals surface area contributed by atoms with Crippen molar-refractivity contribution in [3.05, 3.63) is 12.2 Å². The summed E-state index contributed by atoms with van der Waals surface area (Å²) < 4.78 is 5.28. The van der Waals surface area contributed by atoms with E-state index in [1.807, 2.05) is 11.8 Å². The molecule has 4 nitrogen and oxygen atoms in total. The maximum atomic E-state index is 12.3. The van der Waals surface area contributed by atoms with E-state index in [9.17, 15) is 4.79 Å². The van der Waals surface area contributed by atoms with Gasteiger partial charge >= 0.3 is 6.03 Å². The summed E-state index contributed by atoms with van der Waals surface area (Å²) in [6.45, 7) is 8.76. The Morgan fingerprint density at radius 3 is 2.55 bits per heavy atom. The Hall–Kier alpha value is -1.03. The smallest absolute Gasteiger partial charge is 0.318 e. The van der Waals surface area contributed by atoms with Crippen molar-refractivity contribution in [2.45, 2.75) is 51.5 Å². The molecule has 2 rings (SSSR count). The summed E-state index contributed by atoms with van der Waals surface area (Å²) in [5, 5.41) is 3.17. The van der Waals surface area contributed by atoms with Crippen LogP contribution < -0.4 is 5.32 Å².